The molecule has 0 bridgehead atoms. The third-order valence-corrected chi connectivity index (χ3v) is 5.48. The van der Waals surface area contributed by atoms with E-state index in [-0.39, 0.29) is 12.1 Å². The predicted octanol–water partition coefficient (Wildman–Crippen LogP) is 6.24. The fraction of sp³-hybridized carbons (Fsp3) is 0.913. The lowest BCUT2D eigenvalue weighted by Crippen LogP contribution is -2.41. The molecule has 1 aliphatic heterocycles. The highest BCUT2D eigenvalue weighted by atomic mass is 16.6. The average Bonchev–Trinajstić information content (AvgIpc) is 3.19. The number of likely N-dealkylation sites (tertiary alicyclic amines) is 1. The van der Waals surface area contributed by atoms with Crippen molar-refractivity contribution in [2.75, 3.05) is 19.8 Å². The summed E-state index contributed by atoms with van der Waals surface area (Å²) in [6, 6.07) is -0.457. The second kappa shape index (κ2) is 16.7. The largest absolute Gasteiger partial charge is 0.464 e. The Kier molecular flexibility index (Phi) is 14.8. The highest BCUT2D eigenvalue weighted by Gasteiger charge is 2.36. The molecule has 164 valence electrons. The first kappa shape index (κ1) is 24.8. The summed E-state index contributed by atoms with van der Waals surface area (Å²) in [5.74, 6) is -0.267. The van der Waals surface area contributed by atoms with Crippen LogP contribution in [-0.4, -0.2) is 42.8 Å². The Balaban J connectivity index is 2.02. The Bertz CT molecular complexity index is 413. The highest BCUT2D eigenvalue weighted by Crippen LogP contribution is 2.20. The van der Waals surface area contributed by atoms with Gasteiger partial charge in [-0.2, -0.15) is 0 Å². The van der Waals surface area contributed by atoms with E-state index in [1.54, 1.807) is 4.90 Å². The van der Waals surface area contributed by atoms with Crippen molar-refractivity contribution >= 4 is 12.1 Å². The summed E-state index contributed by atoms with van der Waals surface area (Å²) in [6.45, 7) is 5.78. The van der Waals surface area contributed by atoms with Gasteiger partial charge in [-0.3, -0.25) is 4.90 Å². The van der Waals surface area contributed by atoms with Crippen LogP contribution in [0.15, 0.2) is 0 Å². The molecule has 0 spiro atoms. The molecule has 0 aliphatic carbocycles. The van der Waals surface area contributed by atoms with Gasteiger partial charge in [-0.05, 0) is 25.7 Å². The lowest BCUT2D eigenvalue weighted by Gasteiger charge is -2.22. The number of esters is 1. The van der Waals surface area contributed by atoms with Crippen LogP contribution in [0.25, 0.3) is 0 Å². The number of carbonyl (C=O) groups excluding carboxylic acids is 2. The zero-order valence-electron chi connectivity index (χ0n) is 18.4. The number of nitrogens with zero attached hydrogens (tertiary/aromatic N) is 1. The van der Waals surface area contributed by atoms with E-state index in [9.17, 15) is 9.59 Å². The van der Waals surface area contributed by atoms with E-state index in [2.05, 4.69) is 13.8 Å². The SMILES string of the molecule is CCCCCCCCCCCCCOC(=O)C1CCCN1C(=O)OCCCC. The van der Waals surface area contributed by atoms with Crippen LogP contribution >= 0.6 is 0 Å². The minimum Gasteiger partial charge on any atom is -0.464 e. The summed E-state index contributed by atoms with van der Waals surface area (Å²) in [4.78, 5) is 25.9. The predicted molar refractivity (Wildman–Crippen MR) is 113 cm³/mol. The number of hydrogen-bond donors (Lipinski definition) is 0. The molecule has 0 saturated carbocycles. The Morgan fingerprint density at radius 1 is 0.750 bits per heavy atom. The van der Waals surface area contributed by atoms with E-state index in [1.807, 2.05) is 0 Å². The van der Waals surface area contributed by atoms with Crippen LogP contribution in [0.2, 0.25) is 0 Å². The molecule has 1 unspecified atom stereocenters. The number of amides is 1. The third-order valence-electron chi connectivity index (χ3n) is 5.48. The molecule has 1 saturated heterocycles. The van der Waals surface area contributed by atoms with Crippen LogP contribution in [-0.2, 0) is 14.3 Å². The molecule has 0 radical (unpaired) electrons. The van der Waals surface area contributed by atoms with Crippen molar-refractivity contribution in [3.8, 4) is 0 Å². The fourth-order valence-electron chi connectivity index (χ4n) is 3.65. The van der Waals surface area contributed by atoms with Crippen molar-refractivity contribution in [2.45, 2.75) is 116 Å². The summed E-state index contributed by atoms with van der Waals surface area (Å²) in [5, 5.41) is 0. The molecule has 5 nitrogen and oxygen atoms in total. The Hall–Kier alpha value is -1.26. The van der Waals surface area contributed by atoms with Crippen LogP contribution < -0.4 is 0 Å². The lowest BCUT2D eigenvalue weighted by atomic mass is 10.1. The van der Waals surface area contributed by atoms with Gasteiger partial charge in [0.05, 0.1) is 13.2 Å². The van der Waals surface area contributed by atoms with Gasteiger partial charge < -0.3 is 9.47 Å². The summed E-state index contributed by atoms with van der Waals surface area (Å²) in [7, 11) is 0. The minimum atomic E-state index is -0.457. The summed E-state index contributed by atoms with van der Waals surface area (Å²) in [6.07, 6.45) is 17.0. The molecule has 1 rings (SSSR count). The van der Waals surface area contributed by atoms with Gasteiger partial charge in [0.1, 0.15) is 6.04 Å². The van der Waals surface area contributed by atoms with E-state index in [0.29, 0.717) is 26.2 Å². The number of carbonyl (C=O) groups is 2. The summed E-state index contributed by atoms with van der Waals surface area (Å²) in [5.41, 5.74) is 0. The van der Waals surface area contributed by atoms with Crippen LogP contribution in [0, 0.1) is 0 Å². The zero-order valence-corrected chi connectivity index (χ0v) is 18.4. The molecule has 1 amide bonds. The van der Waals surface area contributed by atoms with Crippen molar-refractivity contribution < 1.29 is 19.1 Å². The molecule has 28 heavy (non-hydrogen) atoms. The topological polar surface area (TPSA) is 55.8 Å². The number of rotatable bonds is 16. The Labute approximate surface area is 172 Å². The first-order valence-electron chi connectivity index (χ1n) is 11.8. The maximum Gasteiger partial charge on any atom is 0.410 e. The van der Waals surface area contributed by atoms with Crippen LogP contribution in [0.1, 0.15) is 110 Å². The number of hydrogen-bond acceptors (Lipinski definition) is 4. The Morgan fingerprint density at radius 2 is 1.29 bits per heavy atom. The van der Waals surface area contributed by atoms with Crippen molar-refractivity contribution in [2.24, 2.45) is 0 Å². The highest BCUT2D eigenvalue weighted by molar-refractivity contribution is 5.82. The molecule has 1 atom stereocenters. The number of ether oxygens (including phenoxy) is 2. The van der Waals surface area contributed by atoms with Gasteiger partial charge in [-0.25, -0.2) is 9.59 Å². The van der Waals surface area contributed by atoms with Crippen molar-refractivity contribution in [1.29, 1.82) is 0 Å². The van der Waals surface area contributed by atoms with Gasteiger partial charge in [0.2, 0.25) is 0 Å². The molecule has 0 N–H and O–H groups in total. The first-order valence-corrected chi connectivity index (χ1v) is 11.8. The molecule has 1 heterocycles. The van der Waals surface area contributed by atoms with E-state index in [4.69, 9.17) is 9.47 Å². The molecule has 1 aliphatic rings. The maximum absolute atomic E-state index is 12.3. The van der Waals surface area contributed by atoms with Crippen molar-refractivity contribution in [3.05, 3.63) is 0 Å². The second-order valence-corrected chi connectivity index (χ2v) is 8.02. The fourth-order valence-corrected chi connectivity index (χ4v) is 3.65. The van der Waals surface area contributed by atoms with E-state index in [1.165, 1.54) is 57.8 Å². The molecular weight excluding hydrogens is 354 g/mol. The standard InChI is InChI=1S/C23H43NO4/c1-3-5-7-8-9-10-11-12-13-14-15-20-27-22(25)21-17-16-18-24(21)23(26)28-19-6-4-2/h21H,3-20H2,1-2H3. The Morgan fingerprint density at radius 3 is 1.89 bits per heavy atom. The van der Waals surface area contributed by atoms with Gasteiger partial charge >= 0.3 is 12.1 Å². The van der Waals surface area contributed by atoms with Crippen molar-refractivity contribution in [1.82, 2.24) is 4.90 Å². The quantitative estimate of drug-likeness (QED) is 0.228. The van der Waals surface area contributed by atoms with Crippen LogP contribution in [0.3, 0.4) is 0 Å². The molecule has 0 aromatic carbocycles. The maximum atomic E-state index is 12.3. The normalized spacial score (nSPS) is 16.4. The van der Waals surface area contributed by atoms with Crippen molar-refractivity contribution in [3.63, 3.8) is 0 Å². The summed E-state index contributed by atoms with van der Waals surface area (Å²) >= 11 is 0. The van der Waals surface area contributed by atoms with Crippen LogP contribution in [0.5, 0.6) is 0 Å². The van der Waals surface area contributed by atoms with E-state index >= 15 is 0 Å². The van der Waals surface area contributed by atoms with E-state index < -0.39 is 6.04 Å². The molecule has 1 fully saturated rings. The molecule has 0 aromatic rings. The molecule has 5 heteroatoms. The van der Waals surface area contributed by atoms with E-state index in [0.717, 1.165) is 32.1 Å². The monoisotopic (exact) mass is 397 g/mol. The first-order chi connectivity index (χ1) is 13.7. The molecule has 0 aromatic heterocycles. The van der Waals surface area contributed by atoms with Gasteiger partial charge in [-0.1, -0.05) is 84.5 Å². The van der Waals surface area contributed by atoms with Crippen LogP contribution in [0.4, 0.5) is 4.79 Å². The van der Waals surface area contributed by atoms with Gasteiger partial charge in [-0.15, -0.1) is 0 Å². The molecular formula is C23H43NO4. The third kappa shape index (κ3) is 10.9. The zero-order chi connectivity index (χ0) is 20.5. The van der Waals surface area contributed by atoms with Gasteiger partial charge in [0, 0.05) is 6.54 Å². The lowest BCUT2D eigenvalue weighted by molar-refractivity contribution is -0.148. The minimum absolute atomic E-state index is 0.267. The second-order valence-electron chi connectivity index (χ2n) is 8.02. The smallest absolute Gasteiger partial charge is 0.410 e. The summed E-state index contributed by atoms with van der Waals surface area (Å²) < 4.78 is 10.7. The van der Waals surface area contributed by atoms with Gasteiger partial charge in [0.25, 0.3) is 0 Å². The average molecular weight is 398 g/mol. The van der Waals surface area contributed by atoms with Gasteiger partial charge in [0.15, 0.2) is 0 Å². The number of unbranched alkanes of at least 4 members (excludes halogenated alkanes) is 11.